The molecule has 1 heterocycles. The number of nitro groups is 1. The molecule has 0 spiro atoms. The van der Waals surface area contributed by atoms with E-state index in [-0.39, 0.29) is 18.1 Å². The molecule has 0 bridgehead atoms. The van der Waals surface area contributed by atoms with Gasteiger partial charge in [0.15, 0.2) is 5.75 Å². The van der Waals surface area contributed by atoms with Crippen molar-refractivity contribution in [2.75, 3.05) is 6.61 Å². The molecule has 0 aliphatic carbocycles. The fourth-order valence-electron chi connectivity index (χ4n) is 2.39. The molecule has 0 aromatic heterocycles. The zero-order valence-electron chi connectivity index (χ0n) is 12.7. The Morgan fingerprint density at radius 1 is 1.33 bits per heavy atom. The third kappa shape index (κ3) is 2.85. The van der Waals surface area contributed by atoms with Gasteiger partial charge in [-0.1, -0.05) is 23.9 Å². The minimum atomic E-state index is -0.682. The molecule has 0 saturated heterocycles. The van der Waals surface area contributed by atoms with Crippen molar-refractivity contribution in [1.29, 1.82) is 0 Å². The van der Waals surface area contributed by atoms with Crippen LogP contribution in [0.1, 0.15) is 22.8 Å². The maximum atomic E-state index is 12.4. The molecule has 1 aliphatic heterocycles. The maximum Gasteiger partial charge on any atom is 0.315 e. The highest BCUT2D eigenvalue weighted by molar-refractivity contribution is 8.04. The summed E-state index contributed by atoms with van der Waals surface area (Å²) in [5, 5.41) is 21.0. The molecule has 1 aliphatic rings. The minimum absolute atomic E-state index is 0.0199. The highest BCUT2D eigenvalue weighted by Crippen LogP contribution is 2.42. The number of ketones is 1. The van der Waals surface area contributed by atoms with Crippen LogP contribution in [0.15, 0.2) is 46.2 Å². The van der Waals surface area contributed by atoms with E-state index in [2.05, 4.69) is 0 Å². The number of Topliss-reactive ketones (excluding diaryl/α,β-unsaturated/α-hetero) is 1. The van der Waals surface area contributed by atoms with Crippen LogP contribution in [-0.2, 0) is 0 Å². The summed E-state index contributed by atoms with van der Waals surface area (Å²) in [6, 6.07) is 9.94. The molecule has 0 fully saturated rings. The molecule has 2 aromatic rings. The minimum Gasteiger partial charge on any atom is -0.500 e. The molecule has 122 valence electrons. The van der Waals surface area contributed by atoms with Gasteiger partial charge in [0.05, 0.1) is 16.4 Å². The molecule has 0 unspecified atom stereocenters. The van der Waals surface area contributed by atoms with Crippen molar-refractivity contribution in [3.8, 4) is 11.5 Å². The number of nitrogens with zero attached hydrogens (tertiary/aromatic N) is 1. The molecular formula is C17H13NO5S. The first-order valence-corrected chi connectivity index (χ1v) is 8.00. The van der Waals surface area contributed by atoms with Crippen molar-refractivity contribution >= 4 is 29.3 Å². The number of hydrogen-bond donors (Lipinski definition) is 1. The van der Waals surface area contributed by atoms with Crippen LogP contribution >= 0.6 is 11.8 Å². The van der Waals surface area contributed by atoms with Gasteiger partial charge in [-0.15, -0.1) is 0 Å². The highest BCUT2D eigenvalue weighted by Gasteiger charge is 2.26. The molecule has 0 radical (unpaired) electrons. The number of benzene rings is 2. The van der Waals surface area contributed by atoms with Crippen LogP contribution < -0.4 is 4.74 Å². The molecule has 7 heteroatoms. The van der Waals surface area contributed by atoms with Crippen LogP contribution in [0.25, 0.3) is 6.08 Å². The second kappa shape index (κ2) is 6.37. The van der Waals surface area contributed by atoms with Gasteiger partial charge in [-0.05, 0) is 36.8 Å². The Kier molecular flexibility index (Phi) is 4.26. The molecule has 2 aromatic carbocycles. The lowest BCUT2D eigenvalue weighted by atomic mass is 10.1. The van der Waals surface area contributed by atoms with Crippen molar-refractivity contribution in [1.82, 2.24) is 0 Å². The van der Waals surface area contributed by atoms with Gasteiger partial charge in [-0.25, -0.2) is 0 Å². The molecule has 6 nitrogen and oxygen atoms in total. The van der Waals surface area contributed by atoms with Crippen LogP contribution in [0.2, 0.25) is 0 Å². The number of fused-ring (bicyclic) bond motifs is 1. The van der Waals surface area contributed by atoms with Gasteiger partial charge >= 0.3 is 5.69 Å². The smallest absolute Gasteiger partial charge is 0.315 e. The van der Waals surface area contributed by atoms with Gasteiger partial charge in [-0.2, -0.15) is 0 Å². The summed E-state index contributed by atoms with van der Waals surface area (Å²) >= 11 is 1.32. The number of carbonyl (C=O) groups is 1. The summed E-state index contributed by atoms with van der Waals surface area (Å²) in [5.74, 6) is -0.617. The van der Waals surface area contributed by atoms with Gasteiger partial charge in [-0.3, -0.25) is 14.9 Å². The summed E-state index contributed by atoms with van der Waals surface area (Å²) in [5.41, 5.74) is 0.583. The average Bonchev–Trinajstić information content (AvgIpc) is 2.87. The quantitative estimate of drug-likeness (QED) is 0.512. The van der Waals surface area contributed by atoms with Gasteiger partial charge in [0, 0.05) is 16.5 Å². The number of ether oxygens (including phenoxy) is 1. The fraction of sp³-hybridized carbons (Fsp3) is 0.118. The van der Waals surface area contributed by atoms with Gasteiger partial charge in [0.25, 0.3) is 0 Å². The van der Waals surface area contributed by atoms with Crippen molar-refractivity contribution in [3.05, 3.63) is 62.5 Å². The van der Waals surface area contributed by atoms with Crippen LogP contribution in [-0.4, -0.2) is 22.4 Å². The van der Waals surface area contributed by atoms with Gasteiger partial charge in [0.1, 0.15) is 0 Å². The second-order valence-corrected chi connectivity index (χ2v) is 6.10. The standard InChI is InChI=1S/C17H13NO5S/c1-2-23-13-8-10(7-12(17(13)20)18(21)22)9-15-16(19)11-5-3-4-6-14(11)24-15/h3-9,20H,2H2,1H3/b15-9+. The Morgan fingerprint density at radius 2 is 2.08 bits per heavy atom. The van der Waals surface area contributed by atoms with Crippen molar-refractivity contribution < 1.29 is 19.6 Å². The Balaban J connectivity index is 2.05. The number of phenolic OH excluding ortho intramolecular Hbond substituents is 1. The highest BCUT2D eigenvalue weighted by atomic mass is 32.2. The summed E-state index contributed by atoms with van der Waals surface area (Å²) in [6.07, 6.45) is 1.57. The Labute approximate surface area is 141 Å². The Morgan fingerprint density at radius 3 is 2.75 bits per heavy atom. The lowest BCUT2D eigenvalue weighted by molar-refractivity contribution is -0.386. The van der Waals surface area contributed by atoms with E-state index < -0.39 is 16.4 Å². The molecule has 0 amide bonds. The summed E-state index contributed by atoms with van der Waals surface area (Å²) < 4.78 is 5.25. The van der Waals surface area contributed by atoms with E-state index >= 15 is 0 Å². The van der Waals surface area contributed by atoms with Crippen LogP contribution in [0.3, 0.4) is 0 Å². The predicted molar refractivity (Wildman–Crippen MR) is 90.5 cm³/mol. The second-order valence-electron chi connectivity index (χ2n) is 5.01. The normalized spacial score (nSPS) is 14.7. The van der Waals surface area contributed by atoms with Crippen LogP contribution in [0.4, 0.5) is 5.69 Å². The van der Waals surface area contributed by atoms with E-state index in [0.717, 1.165) is 4.90 Å². The lowest BCUT2D eigenvalue weighted by Gasteiger charge is -2.07. The third-order valence-corrected chi connectivity index (χ3v) is 4.55. The number of carbonyl (C=O) groups excluding carboxylic acids is 1. The molecule has 3 rings (SSSR count). The van der Waals surface area contributed by atoms with Crippen LogP contribution in [0, 0.1) is 10.1 Å². The largest absolute Gasteiger partial charge is 0.500 e. The molecule has 1 N–H and O–H groups in total. The van der Waals surface area contributed by atoms with Crippen molar-refractivity contribution in [2.45, 2.75) is 11.8 Å². The number of allylic oxidation sites excluding steroid dienone is 1. The maximum absolute atomic E-state index is 12.4. The first-order valence-electron chi connectivity index (χ1n) is 7.18. The summed E-state index contributed by atoms with van der Waals surface area (Å²) in [6.45, 7) is 1.97. The Hall–Kier alpha value is -2.80. The monoisotopic (exact) mass is 343 g/mol. The Bertz CT molecular complexity index is 875. The summed E-state index contributed by atoms with van der Waals surface area (Å²) in [4.78, 5) is 24.1. The lowest BCUT2D eigenvalue weighted by Crippen LogP contribution is -1.97. The topological polar surface area (TPSA) is 89.7 Å². The number of nitro benzene ring substituents is 1. The van der Waals surface area contributed by atoms with E-state index in [4.69, 9.17) is 4.74 Å². The van der Waals surface area contributed by atoms with E-state index in [1.165, 1.54) is 23.9 Å². The van der Waals surface area contributed by atoms with E-state index in [0.29, 0.717) is 16.0 Å². The number of rotatable bonds is 4. The van der Waals surface area contributed by atoms with Crippen molar-refractivity contribution in [3.63, 3.8) is 0 Å². The third-order valence-electron chi connectivity index (χ3n) is 3.45. The van der Waals surface area contributed by atoms with Crippen molar-refractivity contribution in [2.24, 2.45) is 0 Å². The SMILES string of the molecule is CCOc1cc(/C=C2/Sc3ccccc3C2=O)cc([N+](=O)[O-])c1O. The van der Waals surface area contributed by atoms with Gasteiger partial charge < -0.3 is 9.84 Å². The fourth-order valence-corrected chi connectivity index (χ4v) is 3.44. The molecule has 0 atom stereocenters. The molecule has 0 saturated carbocycles. The van der Waals surface area contributed by atoms with E-state index in [1.807, 2.05) is 12.1 Å². The number of hydrogen-bond acceptors (Lipinski definition) is 6. The zero-order valence-corrected chi connectivity index (χ0v) is 13.5. The van der Waals surface area contributed by atoms with Crippen LogP contribution in [0.5, 0.6) is 11.5 Å². The first-order chi connectivity index (χ1) is 11.5. The molecular weight excluding hydrogens is 330 g/mol. The van der Waals surface area contributed by atoms with Gasteiger partial charge in [0.2, 0.25) is 11.5 Å². The zero-order chi connectivity index (χ0) is 17.3. The molecule has 24 heavy (non-hydrogen) atoms. The average molecular weight is 343 g/mol. The van der Waals surface area contributed by atoms with E-state index in [1.54, 1.807) is 25.1 Å². The summed E-state index contributed by atoms with van der Waals surface area (Å²) in [7, 11) is 0. The predicted octanol–water partition coefficient (Wildman–Crippen LogP) is 4.03. The number of thioether (sulfide) groups is 1. The number of aromatic hydroxyl groups is 1. The first kappa shape index (κ1) is 16.1. The van der Waals surface area contributed by atoms with E-state index in [9.17, 15) is 20.0 Å². The number of phenols is 1.